The van der Waals surface area contributed by atoms with Crippen molar-refractivity contribution in [1.29, 1.82) is 0 Å². The maximum Gasteiger partial charge on any atom is 0.279 e. The predicted octanol–water partition coefficient (Wildman–Crippen LogP) is 1.13. The Morgan fingerprint density at radius 2 is 2.00 bits per heavy atom. The number of hydrogen-bond acceptors (Lipinski definition) is 3. The molecule has 2 heterocycles. The molecule has 1 aliphatic rings. The van der Waals surface area contributed by atoms with E-state index >= 15 is 0 Å². The molecule has 6 heteroatoms. The SMILES string of the molecule is Cc1cc(CNS(=O)(=O)N2CCCC2)cnc1C. The topological polar surface area (TPSA) is 62.3 Å². The van der Waals surface area contributed by atoms with Gasteiger partial charge in [0.2, 0.25) is 0 Å². The summed E-state index contributed by atoms with van der Waals surface area (Å²) >= 11 is 0. The molecule has 1 saturated heterocycles. The maximum atomic E-state index is 12.0. The Balaban J connectivity index is 2.00. The van der Waals surface area contributed by atoms with Crippen molar-refractivity contribution in [1.82, 2.24) is 14.0 Å². The molecule has 1 aromatic rings. The van der Waals surface area contributed by atoms with E-state index in [1.807, 2.05) is 19.9 Å². The molecule has 0 saturated carbocycles. The zero-order valence-corrected chi connectivity index (χ0v) is 11.6. The average molecular weight is 269 g/mol. The molecular formula is C12H19N3O2S. The lowest BCUT2D eigenvalue weighted by atomic mass is 10.2. The number of aromatic nitrogens is 1. The molecule has 5 nitrogen and oxygen atoms in total. The highest BCUT2D eigenvalue weighted by molar-refractivity contribution is 7.87. The van der Waals surface area contributed by atoms with E-state index in [2.05, 4.69) is 9.71 Å². The molecular weight excluding hydrogens is 250 g/mol. The second kappa shape index (κ2) is 5.34. The van der Waals surface area contributed by atoms with Crippen LogP contribution in [0.1, 0.15) is 29.7 Å². The van der Waals surface area contributed by atoms with Crippen LogP contribution in [-0.4, -0.2) is 30.8 Å². The van der Waals surface area contributed by atoms with Crippen molar-refractivity contribution in [3.8, 4) is 0 Å². The smallest absolute Gasteiger partial charge is 0.261 e. The van der Waals surface area contributed by atoms with Gasteiger partial charge >= 0.3 is 0 Å². The Morgan fingerprint density at radius 1 is 1.33 bits per heavy atom. The van der Waals surface area contributed by atoms with Crippen LogP contribution in [0.25, 0.3) is 0 Å². The monoisotopic (exact) mass is 269 g/mol. The summed E-state index contributed by atoms with van der Waals surface area (Å²) < 4.78 is 28.0. The number of nitrogens with one attached hydrogen (secondary N) is 1. The molecule has 1 N–H and O–H groups in total. The molecule has 0 atom stereocenters. The Kier molecular flexibility index (Phi) is 3.99. The van der Waals surface area contributed by atoms with Gasteiger partial charge in [0, 0.05) is 31.5 Å². The fraction of sp³-hybridized carbons (Fsp3) is 0.583. The fourth-order valence-electron chi connectivity index (χ4n) is 1.99. The summed E-state index contributed by atoms with van der Waals surface area (Å²) in [6, 6.07) is 1.97. The first kappa shape index (κ1) is 13.5. The van der Waals surface area contributed by atoms with Crippen LogP contribution in [0.2, 0.25) is 0 Å². The van der Waals surface area contributed by atoms with Crippen LogP contribution in [-0.2, 0) is 16.8 Å². The quantitative estimate of drug-likeness (QED) is 0.891. The van der Waals surface area contributed by atoms with Gasteiger partial charge < -0.3 is 0 Å². The number of nitrogens with zero attached hydrogens (tertiary/aromatic N) is 2. The summed E-state index contributed by atoms with van der Waals surface area (Å²) in [7, 11) is -3.33. The van der Waals surface area contributed by atoms with Crippen molar-refractivity contribution in [3.63, 3.8) is 0 Å². The lowest BCUT2D eigenvalue weighted by Gasteiger charge is -2.16. The summed E-state index contributed by atoms with van der Waals surface area (Å²) in [5.74, 6) is 0. The predicted molar refractivity (Wildman–Crippen MR) is 70.3 cm³/mol. The number of hydrogen-bond donors (Lipinski definition) is 1. The van der Waals surface area contributed by atoms with E-state index in [0.29, 0.717) is 19.6 Å². The Morgan fingerprint density at radius 3 is 2.61 bits per heavy atom. The first-order valence-corrected chi connectivity index (χ1v) is 7.60. The molecule has 0 bridgehead atoms. The third-order valence-corrected chi connectivity index (χ3v) is 4.81. The largest absolute Gasteiger partial charge is 0.279 e. The van der Waals surface area contributed by atoms with Crippen LogP contribution in [0.4, 0.5) is 0 Å². The van der Waals surface area contributed by atoms with E-state index in [-0.39, 0.29) is 0 Å². The van der Waals surface area contributed by atoms with Gasteiger partial charge in [-0.15, -0.1) is 0 Å². The summed E-state index contributed by atoms with van der Waals surface area (Å²) in [5.41, 5.74) is 2.94. The molecule has 0 amide bonds. The van der Waals surface area contributed by atoms with Gasteiger partial charge in [-0.1, -0.05) is 6.07 Å². The number of rotatable bonds is 4. The van der Waals surface area contributed by atoms with Gasteiger partial charge in [-0.05, 0) is 37.8 Å². The lowest BCUT2D eigenvalue weighted by molar-refractivity contribution is 0.464. The van der Waals surface area contributed by atoms with Crippen molar-refractivity contribution in [2.45, 2.75) is 33.2 Å². The molecule has 1 aromatic heterocycles. The third-order valence-electron chi connectivity index (χ3n) is 3.26. The molecule has 0 aliphatic carbocycles. The third kappa shape index (κ3) is 3.07. The van der Waals surface area contributed by atoms with Gasteiger partial charge in [0.15, 0.2) is 0 Å². The van der Waals surface area contributed by atoms with Gasteiger partial charge in [-0.3, -0.25) is 4.98 Å². The van der Waals surface area contributed by atoms with Gasteiger partial charge in [-0.2, -0.15) is 17.4 Å². The molecule has 0 radical (unpaired) electrons. The number of aryl methyl sites for hydroxylation is 2. The molecule has 0 spiro atoms. The molecule has 18 heavy (non-hydrogen) atoms. The second-order valence-corrected chi connectivity index (χ2v) is 6.43. The van der Waals surface area contributed by atoms with Gasteiger partial charge in [-0.25, -0.2) is 0 Å². The molecule has 0 unspecified atom stereocenters. The van der Waals surface area contributed by atoms with Crippen LogP contribution in [0.15, 0.2) is 12.3 Å². The number of pyridine rings is 1. The Labute approximate surface area is 108 Å². The highest BCUT2D eigenvalue weighted by Gasteiger charge is 2.24. The molecule has 2 rings (SSSR count). The highest BCUT2D eigenvalue weighted by Crippen LogP contribution is 2.12. The van der Waals surface area contributed by atoms with E-state index in [1.54, 1.807) is 6.20 Å². The first-order valence-electron chi connectivity index (χ1n) is 6.16. The molecule has 0 aromatic carbocycles. The van der Waals surface area contributed by atoms with Gasteiger partial charge in [0.05, 0.1) is 0 Å². The van der Waals surface area contributed by atoms with E-state index in [0.717, 1.165) is 29.7 Å². The fourth-order valence-corrected chi connectivity index (χ4v) is 3.26. The van der Waals surface area contributed by atoms with Crippen molar-refractivity contribution in [2.75, 3.05) is 13.1 Å². The van der Waals surface area contributed by atoms with Crippen LogP contribution >= 0.6 is 0 Å². The summed E-state index contributed by atoms with van der Waals surface area (Å²) in [5, 5.41) is 0. The summed E-state index contributed by atoms with van der Waals surface area (Å²) in [6.07, 6.45) is 3.62. The minimum atomic E-state index is -3.33. The minimum absolute atomic E-state index is 0.299. The van der Waals surface area contributed by atoms with E-state index in [4.69, 9.17) is 0 Å². The Bertz CT molecular complexity index is 522. The van der Waals surface area contributed by atoms with Crippen molar-refractivity contribution in [2.24, 2.45) is 0 Å². The Hall–Kier alpha value is -0.980. The lowest BCUT2D eigenvalue weighted by Crippen LogP contribution is -2.38. The van der Waals surface area contributed by atoms with Crippen molar-refractivity contribution >= 4 is 10.2 Å². The van der Waals surface area contributed by atoms with Crippen molar-refractivity contribution in [3.05, 3.63) is 29.1 Å². The zero-order valence-electron chi connectivity index (χ0n) is 10.8. The normalized spacial score (nSPS) is 17.2. The van der Waals surface area contributed by atoms with E-state index in [9.17, 15) is 8.42 Å². The van der Waals surface area contributed by atoms with Crippen molar-refractivity contribution < 1.29 is 8.42 Å². The highest BCUT2D eigenvalue weighted by atomic mass is 32.2. The van der Waals surface area contributed by atoms with Crippen LogP contribution in [0.3, 0.4) is 0 Å². The van der Waals surface area contributed by atoms with Gasteiger partial charge in [0.1, 0.15) is 0 Å². The second-order valence-electron chi connectivity index (χ2n) is 4.68. The van der Waals surface area contributed by atoms with Gasteiger partial charge in [0.25, 0.3) is 10.2 Å². The molecule has 1 aliphatic heterocycles. The summed E-state index contributed by atoms with van der Waals surface area (Å²) in [6.45, 7) is 5.46. The first-order chi connectivity index (χ1) is 8.49. The van der Waals surface area contributed by atoms with E-state index in [1.165, 1.54) is 4.31 Å². The average Bonchev–Trinajstić information content (AvgIpc) is 2.85. The standard InChI is InChI=1S/C12H19N3O2S/c1-10-7-12(8-13-11(10)2)9-14-18(16,17)15-5-3-4-6-15/h7-8,14H,3-6,9H2,1-2H3. The summed E-state index contributed by atoms with van der Waals surface area (Å²) in [4.78, 5) is 4.23. The molecule has 1 fully saturated rings. The maximum absolute atomic E-state index is 12.0. The van der Waals surface area contributed by atoms with Crippen LogP contribution in [0.5, 0.6) is 0 Å². The minimum Gasteiger partial charge on any atom is -0.261 e. The van der Waals surface area contributed by atoms with Crippen LogP contribution in [0, 0.1) is 13.8 Å². The zero-order chi connectivity index (χ0) is 13.2. The molecule has 100 valence electrons. The van der Waals surface area contributed by atoms with Crippen LogP contribution < -0.4 is 4.72 Å². The van der Waals surface area contributed by atoms with E-state index < -0.39 is 10.2 Å².